The van der Waals surface area contributed by atoms with Gasteiger partial charge in [-0.1, -0.05) is 0 Å². The molecule has 7 nitrogen and oxygen atoms in total. The number of hydrogen-bond donors (Lipinski definition) is 3. The molecule has 1 aromatic rings. The van der Waals surface area contributed by atoms with Crippen molar-refractivity contribution < 1.29 is 19.7 Å². The number of nitrogens with one attached hydrogen (secondary N) is 1. The second kappa shape index (κ2) is 6.12. The monoisotopic (exact) mass is 241 g/mol. The molecule has 7 heteroatoms. The molecule has 2 unspecified atom stereocenters. The lowest BCUT2D eigenvalue weighted by Gasteiger charge is -2.17. The number of carbonyl (C=O) groups is 1. The lowest BCUT2D eigenvalue weighted by atomic mass is 10.1. The van der Waals surface area contributed by atoms with E-state index in [4.69, 9.17) is 4.74 Å². The van der Waals surface area contributed by atoms with Crippen molar-refractivity contribution in [2.24, 2.45) is 0 Å². The van der Waals surface area contributed by atoms with E-state index in [1.165, 1.54) is 26.4 Å². The second-order valence-electron chi connectivity index (χ2n) is 3.45. The molecule has 0 aromatic carbocycles. The summed E-state index contributed by atoms with van der Waals surface area (Å²) in [6, 6.07) is 0.178. The Morgan fingerprint density at radius 2 is 2.06 bits per heavy atom. The molecule has 17 heavy (non-hydrogen) atoms. The van der Waals surface area contributed by atoms with Crippen LogP contribution in [0.5, 0.6) is 6.01 Å². The Morgan fingerprint density at radius 3 is 2.53 bits per heavy atom. The minimum atomic E-state index is -1.16. The van der Waals surface area contributed by atoms with Crippen LogP contribution >= 0.6 is 0 Å². The highest BCUT2D eigenvalue weighted by molar-refractivity contribution is 5.72. The predicted octanol–water partition coefficient (Wildman–Crippen LogP) is -0.984. The number of aliphatic hydroxyl groups excluding tert-OH is 2. The summed E-state index contributed by atoms with van der Waals surface area (Å²) in [5.74, 6) is -0.276. The zero-order chi connectivity index (χ0) is 12.8. The standard InChI is InChI=1S/C10H15N3O4/c1-6(14)11-5-8(15)9(16)7-3-12-10(17-2)13-4-7/h3-4,8-9,15-16H,5H2,1-2H3,(H,11,14). The number of rotatable bonds is 5. The van der Waals surface area contributed by atoms with E-state index in [1.54, 1.807) is 0 Å². The van der Waals surface area contributed by atoms with Crippen molar-refractivity contribution in [1.82, 2.24) is 15.3 Å². The molecule has 0 spiro atoms. The van der Waals surface area contributed by atoms with E-state index >= 15 is 0 Å². The van der Waals surface area contributed by atoms with Crippen molar-refractivity contribution >= 4 is 5.91 Å². The van der Waals surface area contributed by atoms with Gasteiger partial charge in [-0.05, 0) is 0 Å². The van der Waals surface area contributed by atoms with Crippen LogP contribution in [0.4, 0.5) is 0 Å². The lowest BCUT2D eigenvalue weighted by molar-refractivity contribution is -0.119. The summed E-state index contributed by atoms with van der Waals surface area (Å²) in [7, 11) is 1.43. The van der Waals surface area contributed by atoms with Gasteiger partial charge in [-0.3, -0.25) is 4.79 Å². The highest BCUT2D eigenvalue weighted by atomic mass is 16.5. The molecule has 0 aliphatic heterocycles. The summed E-state index contributed by atoms with van der Waals surface area (Å²) in [4.78, 5) is 18.3. The van der Waals surface area contributed by atoms with Gasteiger partial charge >= 0.3 is 6.01 Å². The molecule has 0 saturated carbocycles. The highest BCUT2D eigenvalue weighted by Crippen LogP contribution is 2.15. The number of aromatic nitrogens is 2. The van der Waals surface area contributed by atoms with E-state index in [0.29, 0.717) is 5.56 Å². The molecular weight excluding hydrogens is 226 g/mol. The fraction of sp³-hybridized carbons (Fsp3) is 0.500. The first-order valence-corrected chi connectivity index (χ1v) is 5.01. The van der Waals surface area contributed by atoms with Crippen molar-refractivity contribution in [3.05, 3.63) is 18.0 Å². The zero-order valence-corrected chi connectivity index (χ0v) is 9.62. The van der Waals surface area contributed by atoms with Crippen molar-refractivity contribution in [3.8, 4) is 6.01 Å². The minimum Gasteiger partial charge on any atom is -0.467 e. The van der Waals surface area contributed by atoms with Crippen molar-refractivity contribution in [2.45, 2.75) is 19.1 Å². The largest absolute Gasteiger partial charge is 0.467 e. The molecule has 1 amide bonds. The van der Waals surface area contributed by atoms with Gasteiger partial charge in [-0.2, -0.15) is 0 Å². The molecule has 0 bridgehead atoms. The Bertz CT molecular complexity index is 368. The third kappa shape index (κ3) is 3.97. The van der Waals surface area contributed by atoms with Gasteiger partial charge in [0.15, 0.2) is 0 Å². The summed E-state index contributed by atoms with van der Waals surface area (Å²) in [5, 5.41) is 21.7. The average molecular weight is 241 g/mol. The number of ether oxygens (including phenoxy) is 1. The number of amides is 1. The molecule has 1 aromatic heterocycles. The van der Waals surface area contributed by atoms with E-state index in [0.717, 1.165) is 0 Å². The number of methoxy groups -OCH3 is 1. The van der Waals surface area contributed by atoms with Crippen LogP contribution < -0.4 is 10.1 Å². The smallest absolute Gasteiger partial charge is 0.316 e. The Kier molecular flexibility index (Phi) is 4.80. The number of hydrogen-bond acceptors (Lipinski definition) is 6. The van der Waals surface area contributed by atoms with Crippen molar-refractivity contribution in [2.75, 3.05) is 13.7 Å². The molecule has 0 aliphatic rings. The molecule has 1 heterocycles. The fourth-order valence-corrected chi connectivity index (χ4v) is 1.17. The first-order valence-electron chi connectivity index (χ1n) is 5.01. The van der Waals surface area contributed by atoms with Crippen LogP contribution in [-0.2, 0) is 4.79 Å². The van der Waals surface area contributed by atoms with Gasteiger partial charge in [0, 0.05) is 31.4 Å². The summed E-state index contributed by atoms with van der Waals surface area (Å²) in [6.45, 7) is 1.29. The quantitative estimate of drug-likeness (QED) is 0.611. The van der Waals surface area contributed by atoms with E-state index < -0.39 is 12.2 Å². The van der Waals surface area contributed by atoms with Crippen molar-refractivity contribution in [1.29, 1.82) is 0 Å². The van der Waals surface area contributed by atoms with Crippen LogP contribution in [0, 0.1) is 0 Å². The lowest BCUT2D eigenvalue weighted by Crippen LogP contribution is -2.34. The molecule has 0 fully saturated rings. The molecule has 0 aliphatic carbocycles. The van der Waals surface area contributed by atoms with Crippen LogP contribution in [0.2, 0.25) is 0 Å². The maximum Gasteiger partial charge on any atom is 0.316 e. The minimum absolute atomic E-state index is 0.0392. The van der Waals surface area contributed by atoms with Gasteiger partial charge in [0.2, 0.25) is 5.91 Å². The Hall–Kier alpha value is -1.73. The van der Waals surface area contributed by atoms with Gasteiger partial charge in [-0.15, -0.1) is 0 Å². The number of carbonyl (C=O) groups excluding carboxylic acids is 1. The van der Waals surface area contributed by atoms with Crippen LogP contribution in [0.1, 0.15) is 18.6 Å². The fourth-order valence-electron chi connectivity index (χ4n) is 1.17. The number of nitrogens with zero attached hydrogens (tertiary/aromatic N) is 2. The molecule has 0 saturated heterocycles. The Balaban J connectivity index is 2.60. The predicted molar refractivity (Wildman–Crippen MR) is 58.2 cm³/mol. The van der Waals surface area contributed by atoms with Gasteiger partial charge in [0.1, 0.15) is 12.2 Å². The van der Waals surface area contributed by atoms with Crippen LogP contribution in [0.25, 0.3) is 0 Å². The van der Waals surface area contributed by atoms with Crippen LogP contribution in [0.15, 0.2) is 12.4 Å². The normalized spacial score (nSPS) is 13.9. The maximum atomic E-state index is 10.6. The Morgan fingerprint density at radius 1 is 1.47 bits per heavy atom. The molecule has 0 radical (unpaired) electrons. The van der Waals surface area contributed by atoms with Gasteiger partial charge in [0.25, 0.3) is 0 Å². The summed E-state index contributed by atoms with van der Waals surface area (Å²) < 4.78 is 4.76. The first kappa shape index (κ1) is 13.3. The van der Waals surface area contributed by atoms with E-state index in [1.807, 2.05) is 0 Å². The molecule has 1 rings (SSSR count). The van der Waals surface area contributed by atoms with Crippen molar-refractivity contribution in [3.63, 3.8) is 0 Å². The summed E-state index contributed by atoms with van der Waals surface area (Å²) >= 11 is 0. The Labute approximate surface area is 98.5 Å². The van der Waals surface area contributed by atoms with E-state index in [-0.39, 0.29) is 18.5 Å². The SMILES string of the molecule is COc1ncc(C(O)C(O)CNC(C)=O)cn1. The third-order valence-corrected chi connectivity index (χ3v) is 2.10. The average Bonchev–Trinajstić information content (AvgIpc) is 2.35. The second-order valence-corrected chi connectivity index (χ2v) is 3.45. The molecule has 94 valence electrons. The van der Waals surface area contributed by atoms with Gasteiger partial charge in [-0.25, -0.2) is 9.97 Å². The molecule has 2 atom stereocenters. The maximum absolute atomic E-state index is 10.6. The highest BCUT2D eigenvalue weighted by Gasteiger charge is 2.19. The van der Waals surface area contributed by atoms with E-state index in [9.17, 15) is 15.0 Å². The van der Waals surface area contributed by atoms with Gasteiger partial charge in [0.05, 0.1) is 7.11 Å². The van der Waals surface area contributed by atoms with Crippen LogP contribution in [0.3, 0.4) is 0 Å². The first-order chi connectivity index (χ1) is 8.04. The molecular formula is C10H15N3O4. The van der Waals surface area contributed by atoms with Crippen LogP contribution in [-0.4, -0.2) is 45.8 Å². The molecule has 3 N–H and O–H groups in total. The zero-order valence-electron chi connectivity index (χ0n) is 9.62. The summed E-state index contributed by atoms with van der Waals surface area (Å²) in [5.41, 5.74) is 0.351. The van der Waals surface area contributed by atoms with Gasteiger partial charge < -0.3 is 20.3 Å². The topological polar surface area (TPSA) is 105 Å². The summed E-state index contributed by atoms with van der Waals surface area (Å²) in [6.07, 6.45) is 0.435. The number of aliphatic hydroxyl groups is 2. The third-order valence-electron chi connectivity index (χ3n) is 2.10. The van der Waals surface area contributed by atoms with E-state index in [2.05, 4.69) is 15.3 Å².